The summed E-state index contributed by atoms with van der Waals surface area (Å²) in [6.07, 6.45) is 1.14. The third kappa shape index (κ3) is 5.56. The Morgan fingerprint density at radius 1 is 1.60 bits per heavy atom. The fourth-order valence-electron chi connectivity index (χ4n) is 0.523. The summed E-state index contributed by atoms with van der Waals surface area (Å²) in [6, 6.07) is 0. The Kier molecular flexibility index (Phi) is 6.18. The first-order chi connectivity index (χ1) is 4.81. The van der Waals surface area contributed by atoms with Gasteiger partial charge in [0.05, 0.1) is 7.11 Å². The van der Waals surface area contributed by atoms with Gasteiger partial charge in [-0.25, -0.2) is 0 Å². The van der Waals surface area contributed by atoms with Gasteiger partial charge in [0.1, 0.15) is 0 Å². The second-order valence-electron chi connectivity index (χ2n) is 1.79. The Balaban J connectivity index is 2.96. The van der Waals surface area contributed by atoms with Gasteiger partial charge in [0.25, 0.3) is 0 Å². The first-order valence-electron chi connectivity index (χ1n) is 3.25. The maximum Gasteiger partial charge on any atom is 0.305 e. The van der Waals surface area contributed by atoms with Crippen molar-refractivity contribution in [2.24, 2.45) is 0 Å². The van der Waals surface area contributed by atoms with E-state index < -0.39 is 0 Å². The summed E-state index contributed by atoms with van der Waals surface area (Å²) < 4.78 is 9.33. The summed E-state index contributed by atoms with van der Waals surface area (Å²) in [7, 11) is 1.38. The lowest BCUT2D eigenvalue weighted by Crippen LogP contribution is -2.02. The van der Waals surface area contributed by atoms with Crippen LogP contribution in [-0.4, -0.2) is 26.3 Å². The van der Waals surface area contributed by atoms with Crippen molar-refractivity contribution < 1.29 is 14.3 Å². The molecule has 0 amide bonds. The summed E-state index contributed by atoms with van der Waals surface area (Å²) >= 11 is 0. The lowest BCUT2D eigenvalue weighted by atomic mass is 10.3. The molecule has 0 unspecified atom stereocenters. The van der Waals surface area contributed by atoms with Crippen molar-refractivity contribution >= 4 is 5.97 Å². The minimum Gasteiger partial charge on any atom is -0.469 e. The molecule has 0 spiro atoms. The van der Waals surface area contributed by atoms with Crippen molar-refractivity contribution in [1.29, 1.82) is 0 Å². The Labute approximate surface area is 61.3 Å². The van der Waals surface area contributed by atoms with E-state index in [-0.39, 0.29) is 5.97 Å². The molecule has 0 heterocycles. The van der Waals surface area contributed by atoms with E-state index in [1.807, 2.05) is 0 Å². The number of hydrogen-bond acceptors (Lipinski definition) is 3. The molecule has 3 heteroatoms. The van der Waals surface area contributed by atoms with Crippen LogP contribution in [0.15, 0.2) is 0 Å². The van der Waals surface area contributed by atoms with Gasteiger partial charge in [-0.1, -0.05) is 0 Å². The lowest BCUT2D eigenvalue weighted by molar-refractivity contribution is -0.140. The molecule has 0 N–H and O–H groups in total. The van der Waals surface area contributed by atoms with Crippen molar-refractivity contribution in [3.05, 3.63) is 6.92 Å². The molecule has 0 aromatic heterocycles. The number of esters is 1. The van der Waals surface area contributed by atoms with Gasteiger partial charge in [-0.3, -0.25) is 4.79 Å². The summed E-state index contributed by atoms with van der Waals surface area (Å²) in [5.74, 6) is -0.187. The van der Waals surface area contributed by atoms with Crippen LogP contribution in [0.25, 0.3) is 0 Å². The lowest BCUT2D eigenvalue weighted by Gasteiger charge is -1.98. The minimum atomic E-state index is -0.187. The molecule has 3 nitrogen and oxygen atoms in total. The summed E-state index contributed by atoms with van der Waals surface area (Å²) in [5.41, 5.74) is 0. The molecule has 0 atom stereocenters. The van der Waals surface area contributed by atoms with Gasteiger partial charge in [0.15, 0.2) is 0 Å². The molecule has 59 valence electrons. The number of hydrogen-bond donors (Lipinski definition) is 0. The second-order valence-corrected chi connectivity index (χ2v) is 1.79. The number of rotatable bonds is 5. The fraction of sp³-hybridized carbons (Fsp3) is 0.714. The molecule has 0 rings (SSSR count). The third-order valence-corrected chi connectivity index (χ3v) is 1.04. The molecular weight excluding hydrogens is 132 g/mol. The van der Waals surface area contributed by atoms with Gasteiger partial charge in [-0.05, 0) is 13.3 Å². The van der Waals surface area contributed by atoms with Crippen molar-refractivity contribution in [2.75, 3.05) is 20.3 Å². The summed E-state index contributed by atoms with van der Waals surface area (Å²) in [6.45, 7) is 4.53. The van der Waals surface area contributed by atoms with Gasteiger partial charge in [0.2, 0.25) is 0 Å². The average molecular weight is 145 g/mol. The molecule has 0 aromatic carbocycles. The van der Waals surface area contributed by atoms with Gasteiger partial charge < -0.3 is 9.47 Å². The smallest absolute Gasteiger partial charge is 0.305 e. The topological polar surface area (TPSA) is 35.5 Å². The molecule has 0 aliphatic heterocycles. The van der Waals surface area contributed by atoms with Crippen LogP contribution in [0, 0.1) is 6.92 Å². The summed E-state index contributed by atoms with van der Waals surface area (Å²) in [5, 5.41) is 0. The molecule has 0 saturated carbocycles. The van der Waals surface area contributed by atoms with E-state index in [9.17, 15) is 4.79 Å². The monoisotopic (exact) mass is 145 g/mol. The maximum absolute atomic E-state index is 10.5. The van der Waals surface area contributed by atoms with Gasteiger partial charge >= 0.3 is 5.97 Å². The predicted octanol–water partition coefficient (Wildman–Crippen LogP) is 0.790. The van der Waals surface area contributed by atoms with Gasteiger partial charge in [0, 0.05) is 19.6 Å². The van der Waals surface area contributed by atoms with Crippen molar-refractivity contribution in [3.8, 4) is 0 Å². The van der Waals surface area contributed by atoms with Crippen molar-refractivity contribution in [1.82, 2.24) is 0 Å². The van der Waals surface area contributed by atoms with Crippen LogP contribution in [0.5, 0.6) is 0 Å². The molecule has 0 aromatic rings. The van der Waals surface area contributed by atoms with Crippen LogP contribution >= 0.6 is 0 Å². The molecule has 1 radical (unpaired) electrons. The highest BCUT2D eigenvalue weighted by atomic mass is 16.5. The zero-order valence-corrected chi connectivity index (χ0v) is 6.26. The number of ether oxygens (including phenoxy) is 2. The molecule has 0 fully saturated rings. The summed E-state index contributed by atoms with van der Waals surface area (Å²) in [4.78, 5) is 10.5. The molecule has 0 bridgehead atoms. The molecule has 0 saturated heterocycles. The Morgan fingerprint density at radius 2 is 2.30 bits per heavy atom. The Hall–Kier alpha value is -0.570. The average Bonchev–Trinajstić information content (AvgIpc) is 1.98. The molecular formula is C7H13O3. The van der Waals surface area contributed by atoms with Crippen molar-refractivity contribution in [2.45, 2.75) is 12.8 Å². The van der Waals surface area contributed by atoms with Crippen LogP contribution in [0.3, 0.4) is 0 Å². The highest BCUT2D eigenvalue weighted by Crippen LogP contribution is 1.91. The number of carbonyl (C=O) groups excluding carboxylic acids is 1. The largest absolute Gasteiger partial charge is 0.469 e. The van der Waals surface area contributed by atoms with E-state index in [0.717, 1.165) is 0 Å². The number of methoxy groups -OCH3 is 1. The quantitative estimate of drug-likeness (QED) is 0.424. The Morgan fingerprint density at radius 3 is 2.80 bits per heavy atom. The normalized spacial score (nSPS) is 9.40. The highest BCUT2D eigenvalue weighted by Gasteiger charge is 1.97. The first kappa shape index (κ1) is 9.43. The van der Waals surface area contributed by atoms with Crippen LogP contribution in [0.1, 0.15) is 12.8 Å². The van der Waals surface area contributed by atoms with Crippen molar-refractivity contribution in [3.63, 3.8) is 0 Å². The van der Waals surface area contributed by atoms with E-state index in [1.54, 1.807) is 0 Å². The van der Waals surface area contributed by atoms with Crippen LogP contribution < -0.4 is 0 Å². The van der Waals surface area contributed by atoms with Crippen LogP contribution in [0.4, 0.5) is 0 Å². The van der Waals surface area contributed by atoms with E-state index in [0.29, 0.717) is 26.1 Å². The standard InChI is InChI=1S/C7H13O3/c1-3-10-6-4-5-7(8)9-2/h1,3-6H2,2H3. The maximum atomic E-state index is 10.5. The SMILES string of the molecule is [CH2]COCCCC(=O)OC. The van der Waals surface area contributed by atoms with E-state index in [2.05, 4.69) is 11.7 Å². The van der Waals surface area contributed by atoms with Gasteiger partial charge in [-0.15, -0.1) is 0 Å². The molecule has 0 aliphatic rings. The Bertz CT molecular complexity index is 90.9. The zero-order valence-electron chi connectivity index (χ0n) is 6.26. The van der Waals surface area contributed by atoms with E-state index >= 15 is 0 Å². The predicted molar refractivity (Wildman–Crippen MR) is 37.4 cm³/mol. The third-order valence-electron chi connectivity index (χ3n) is 1.04. The number of carbonyl (C=O) groups is 1. The van der Waals surface area contributed by atoms with E-state index in [4.69, 9.17) is 4.74 Å². The van der Waals surface area contributed by atoms with Crippen LogP contribution in [-0.2, 0) is 14.3 Å². The van der Waals surface area contributed by atoms with E-state index in [1.165, 1.54) is 7.11 Å². The first-order valence-corrected chi connectivity index (χ1v) is 3.25. The fourth-order valence-corrected chi connectivity index (χ4v) is 0.523. The zero-order chi connectivity index (χ0) is 7.82. The second kappa shape index (κ2) is 6.55. The minimum absolute atomic E-state index is 0.187. The van der Waals surface area contributed by atoms with Gasteiger partial charge in [-0.2, -0.15) is 0 Å². The molecule has 10 heavy (non-hydrogen) atoms. The highest BCUT2D eigenvalue weighted by molar-refractivity contribution is 5.68. The molecule has 0 aliphatic carbocycles. The van der Waals surface area contributed by atoms with Crippen LogP contribution in [0.2, 0.25) is 0 Å².